The Morgan fingerprint density at radius 1 is 0.881 bits per heavy atom. The van der Waals surface area contributed by atoms with E-state index in [-0.39, 0.29) is 13.2 Å². The molecule has 0 saturated carbocycles. The predicted octanol–water partition coefficient (Wildman–Crippen LogP) is 6.33. The maximum Gasteiger partial charge on any atom is 0.412 e. The van der Waals surface area contributed by atoms with Crippen LogP contribution in [0.15, 0.2) is 120 Å². The second-order valence-electron chi connectivity index (χ2n) is 8.93. The van der Waals surface area contributed by atoms with E-state index in [0.29, 0.717) is 34.1 Å². The zero-order valence-electron chi connectivity index (χ0n) is 22.5. The van der Waals surface area contributed by atoms with Crippen LogP contribution < -0.4 is 25.8 Å². The van der Waals surface area contributed by atoms with Crippen LogP contribution in [0, 0.1) is 0 Å². The Labute approximate surface area is 252 Å². The van der Waals surface area contributed by atoms with Gasteiger partial charge in [0.25, 0.3) is 0 Å². The fourth-order valence-corrected chi connectivity index (χ4v) is 4.16. The second-order valence-corrected chi connectivity index (χ2v) is 9.85. The molecular weight excluding hydrogens is 602 g/mol. The normalized spacial score (nSPS) is 12.2. The minimum atomic E-state index is -1.02. The van der Waals surface area contributed by atoms with E-state index in [4.69, 9.17) is 19.9 Å². The zero-order valence-corrected chi connectivity index (χ0v) is 24.1. The van der Waals surface area contributed by atoms with Gasteiger partial charge in [-0.15, -0.1) is 0 Å². The molecule has 4 aromatic carbocycles. The molecule has 0 aromatic heterocycles. The minimum Gasteiger partial charge on any atom is -0.491 e. The number of ether oxygens (including phenoxy) is 3. The summed E-state index contributed by atoms with van der Waals surface area (Å²) >= 11 is 3.38. The van der Waals surface area contributed by atoms with Crippen molar-refractivity contribution in [1.29, 1.82) is 0 Å². The Bertz CT molecular complexity index is 1500. The van der Waals surface area contributed by atoms with Crippen molar-refractivity contribution in [3.8, 4) is 11.5 Å². The molecule has 0 spiro atoms. The van der Waals surface area contributed by atoms with Crippen LogP contribution >= 0.6 is 15.9 Å². The zero-order chi connectivity index (χ0) is 29.7. The molecular formula is C32H30BrN3O6. The van der Waals surface area contributed by atoms with Crippen LogP contribution in [0.2, 0.25) is 0 Å². The van der Waals surface area contributed by atoms with Gasteiger partial charge in [-0.1, -0.05) is 58.4 Å². The van der Waals surface area contributed by atoms with E-state index in [0.717, 1.165) is 4.47 Å². The van der Waals surface area contributed by atoms with Crippen LogP contribution in [0.5, 0.6) is 11.5 Å². The van der Waals surface area contributed by atoms with E-state index >= 15 is 0 Å². The fourth-order valence-electron chi connectivity index (χ4n) is 3.89. The third-order valence-electron chi connectivity index (χ3n) is 5.84. The molecule has 42 heavy (non-hydrogen) atoms. The van der Waals surface area contributed by atoms with Crippen LogP contribution in [-0.2, 0) is 9.53 Å². The average Bonchev–Trinajstić information content (AvgIpc) is 3.00. The van der Waals surface area contributed by atoms with E-state index in [1.54, 1.807) is 97.1 Å². The smallest absolute Gasteiger partial charge is 0.412 e. The first-order valence-electron chi connectivity index (χ1n) is 13.0. The van der Waals surface area contributed by atoms with Crippen molar-refractivity contribution in [3.63, 3.8) is 0 Å². The van der Waals surface area contributed by atoms with Crippen LogP contribution in [0.25, 0.3) is 0 Å². The lowest BCUT2D eigenvalue weighted by molar-refractivity contribution is -0.112. The molecule has 0 saturated heterocycles. The number of amides is 2. The van der Waals surface area contributed by atoms with Crippen LogP contribution in [0.3, 0.4) is 0 Å². The summed E-state index contributed by atoms with van der Waals surface area (Å²) in [5.41, 5.74) is 7.91. The molecule has 0 radical (unpaired) electrons. The Morgan fingerprint density at radius 2 is 1.60 bits per heavy atom. The molecule has 0 aliphatic heterocycles. The van der Waals surface area contributed by atoms with E-state index in [2.05, 4.69) is 26.6 Å². The summed E-state index contributed by atoms with van der Waals surface area (Å²) in [5.74, 6) is 0.505. The quantitative estimate of drug-likeness (QED) is 0.106. The number of nitrogens with two attached hydrogens (primary N) is 1. The number of aliphatic hydroxyl groups excluding tert-OH is 1. The highest BCUT2D eigenvalue weighted by atomic mass is 79.9. The Morgan fingerprint density at radius 3 is 2.33 bits per heavy atom. The number of hydrogen-bond donors (Lipinski definition) is 4. The lowest BCUT2D eigenvalue weighted by atomic mass is 10.0. The lowest BCUT2D eigenvalue weighted by Crippen LogP contribution is -2.30. The molecule has 0 unspecified atom stereocenters. The standard InChI is InChI=1S/C32H30BrN3O6/c33-23-13-15-24(16-14-23)35-32(39)42-31(22-7-6-10-26(21-22)40-20-19-37)29(41-25-8-2-1-3-9-25)17-18-30(38)36-28-12-5-4-11-27(28)34/h1-18,21,29,31,37H,19-20,34H2,(H,35,39)(H,36,38)/b18-17+/t29-,31-/m0/s1. The van der Waals surface area contributed by atoms with Crippen molar-refractivity contribution in [2.45, 2.75) is 12.2 Å². The first-order valence-corrected chi connectivity index (χ1v) is 13.8. The van der Waals surface area contributed by atoms with Gasteiger partial charge < -0.3 is 30.4 Å². The van der Waals surface area contributed by atoms with Gasteiger partial charge >= 0.3 is 6.09 Å². The molecule has 5 N–H and O–H groups in total. The van der Waals surface area contributed by atoms with E-state index < -0.39 is 24.2 Å². The number of rotatable bonds is 12. The number of nitrogens with one attached hydrogen (secondary N) is 2. The van der Waals surface area contributed by atoms with Crippen molar-refractivity contribution in [1.82, 2.24) is 0 Å². The third kappa shape index (κ3) is 9.12. The molecule has 0 heterocycles. The number of benzene rings is 4. The summed E-state index contributed by atoms with van der Waals surface area (Å²) in [4.78, 5) is 26.0. The Hall–Kier alpha value is -4.80. The van der Waals surface area contributed by atoms with Gasteiger partial charge in [-0.25, -0.2) is 4.79 Å². The summed E-state index contributed by atoms with van der Waals surface area (Å²) in [5, 5.41) is 14.7. The number of halogens is 1. The van der Waals surface area contributed by atoms with Gasteiger partial charge in [0.15, 0.2) is 12.2 Å². The molecule has 0 aliphatic carbocycles. The van der Waals surface area contributed by atoms with Crippen molar-refractivity contribution >= 4 is 45.0 Å². The van der Waals surface area contributed by atoms with Crippen molar-refractivity contribution < 1.29 is 28.9 Å². The summed E-state index contributed by atoms with van der Waals surface area (Å²) in [6.07, 6.45) is 0.106. The monoisotopic (exact) mass is 631 g/mol. The van der Waals surface area contributed by atoms with E-state index in [1.165, 1.54) is 12.2 Å². The molecule has 0 aliphatic rings. The highest BCUT2D eigenvalue weighted by Gasteiger charge is 2.28. The SMILES string of the molecule is Nc1ccccc1NC(=O)/C=C/[C@H](Oc1ccccc1)[C@@H](OC(=O)Nc1ccc(Br)cc1)c1cccc(OCCO)c1. The van der Waals surface area contributed by atoms with Gasteiger partial charge in [0.1, 0.15) is 18.1 Å². The number of hydrogen-bond acceptors (Lipinski definition) is 7. The molecule has 4 rings (SSSR count). The Balaban J connectivity index is 1.66. The van der Waals surface area contributed by atoms with Crippen molar-refractivity contribution in [3.05, 3.63) is 125 Å². The first-order chi connectivity index (χ1) is 20.4. The number of para-hydroxylation sites is 3. The molecule has 216 valence electrons. The third-order valence-corrected chi connectivity index (χ3v) is 6.37. The van der Waals surface area contributed by atoms with Crippen LogP contribution in [0.4, 0.5) is 21.9 Å². The Kier molecular flexibility index (Phi) is 11.0. The molecule has 2 amide bonds. The second kappa shape index (κ2) is 15.3. The summed E-state index contributed by atoms with van der Waals surface area (Å²) in [6, 6.07) is 29.8. The van der Waals surface area contributed by atoms with Crippen molar-refractivity contribution in [2.75, 3.05) is 29.6 Å². The minimum absolute atomic E-state index is 0.0890. The van der Waals surface area contributed by atoms with Crippen LogP contribution in [-0.4, -0.2) is 36.4 Å². The largest absolute Gasteiger partial charge is 0.491 e. The number of nitrogen functional groups attached to an aromatic ring is 1. The molecule has 0 bridgehead atoms. The van der Waals surface area contributed by atoms with Gasteiger partial charge in [-0.3, -0.25) is 10.1 Å². The van der Waals surface area contributed by atoms with Gasteiger partial charge in [0.2, 0.25) is 5.91 Å². The number of carbonyl (C=O) groups is 2. The maximum absolute atomic E-state index is 13.1. The summed E-state index contributed by atoms with van der Waals surface area (Å²) in [6.45, 7) is -0.0745. The number of carbonyl (C=O) groups excluding carboxylic acids is 2. The highest BCUT2D eigenvalue weighted by molar-refractivity contribution is 9.10. The highest BCUT2D eigenvalue weighted by Crippen LogP contribution is 2.30. The average molecular weight is 633 g/mol. The van der Waals surface area contributed by atoms with Gasteiger partial charge in [-0.05, 0) is 66.7 Å². The molecule has 4 aromatic rings. The predicted molar refractivity (Wildman–Crippen MR) is 165 cm³/mol. The fraction of sp³-hybridized carbons (Fsp3) is 0.125. The summed E-state index contributed by atoms with van der Waals surface area (Å²) < 4.78 is 18.6. The van der Waals surface area contributed by atoms with Crippen LogP contribution in [0.1, 0.15) is 11.7 Å². The number of anilines is 3. The first kappa shape index (κ1) is 30.2. The van der Waals surface area contributed by atoms with E-state index in [9.17, 15) is 14.7 Å². The topological polar surface area (TPSA) is 132 Å². The lowest BCUT2D eigenvalue weighted by Gasteiger charge is -2.26. The van der Waals surface area contributed by atoms with E-state index in [1.807, 2.05) is 6.07 Å². The van der Waals surface area contributed by atoms with Gasteiger partial charge in [-0.2, -0.15) is 0 Å². The molecule has 10 heteroatoms. The van der Waals surface area contributed by atoms with Gasteiger partial charge in [0, 0.05) is 21.8 Å². The van der Waals surface area contributed by atoms with Gasteiger partial charge in [0.05, 0.1) is 18.0 Å². The maximum atomic E-state index is 13.1. The molecule has 2 atom stereocenters. The molecule has 0 fully saturated rings. The summed E-state index contributed by atoms with van der Waals surface area (Å²) in [7, 11) is 0. The number of aliphatic hydroxyl groups is 1. The van der Waals surface area contributed by atoms with Crippen molar-refractivity contribution in [2.24, 2.45) is 0 Å². The molecule has 9 nitrogen and oxygen atoms in total.